The maximum Gasteiger partial charge on any atom is 0.439 e. The number of allylic oxidation sites excluding steroid dienone is 3. The molecule has 0 radical (unpaired) electrons. The molecule has 4 heterocycles. The van der Waals surface area contributed by atoms with Gasteiger partial charge in [-0.1, -0.05) is 44.2 Å². The van der Waals surface area contributed by atoms with Gasteiger partial charge in [0.1, 0.15) is 12.4 Å². The molecule has 1 aliphatic heterocycles. The van der Waals surface area contributed by atoms with Gasteiger partial charge in [-0.15, -0.1) is 0 Å². The summed E-state index contributed by atoms with van der Waals surface area (Å²) in [6.07, 6.45) is 6.29. The maximum atomic E-state index is 14.2. The van der Waals surface area contributed by atoms with Crippen molar-refractivity contribution in [1.82, 2.24) is 24.7 Å². The lowest BCUT2D eigenvalue weighted by atomic mass is 9.97. The molecule has 1 saturated heterocycles. The fourth-order valence-electron chi connectivity index (χ4n) is 5.10. The predicted molar refractivity (Wildman–Crippen MR) is 139 cm³/mol. The number of alkyl halides is 1. The highest BCUT2D eigenvalue weighted by Gasteiger charge is 2.37. The summed E-state index contributed by atoms with van der Waals surface area (Å²) in [5, 5.41) is 3.82. The van der Waals surface area contributed by atoms with Crippen LogP contribution in [0.15, 0.2) is 34.1 Å². The van der Waals surface area contributed by atoms with E-state index in [0.29, 0.717) is 41.7 Å². The van der Waals surface area contributed by atoms with Crippen LogP contribution in [0.2, 0.25) is 0 Å². The van der Waals surface area contributed by atoms with Gasteiger partial charge in [0.05, 0.1) is 28.9 Å². The number of anilines is 1. The molecule has 0 amide bonds. The van der Waals surface area contributed by atoms with Crippen molar-refractivity contribution in [2.24, 2.45) is 5.92 Å². The number of halogens is 1. The molecule has 4 rings (SSSR count). The third-order valence-electron chi connectivity index (χ3n) is 7.26. The SMILES string of the molecule is C=C/C(=C\C)c1nc(-c2noc(=O)[nH]2)cc2nc(N3C[C@H](OC)C[C@H]3CF)n(C(C)[C@H](C)CCC)c12. The molecule has 0 saturated carbocycles. The van der Waals surface area contributed by atoms with Gasteiger partial charge in [-0.25, -0.2) is 19.2 Å². The van der Waals surface area contributed by atoms with E-state index in [1.807, 2.05) is 17.9 Å². The van der Waals surface area contributed by atoms with Gasteiger partial charge in [0, 0.05) is 19.7 Å². The van der Waals surface area contributed by atoms with Gasteiger partial charge in [0.15, 0.2) is 0 Å². The van der Waals surface area contributed by atoms with Crippen LogP contribution < -0.4 is 10.7 Å². The lowest BCUT2D eigenvalue weighted by Crippen LogP contribution is -2.34. The van der Waals surface area contributed by atoms with E-state index < -0.39 is 12.4 Å². The van der Waals surface area contributed by atoms with Crippen molar-refractivity contribution in [3.05, 3.63) is 41.0 Å². The van der Waals surface area contributed by atoms with Gasteiger partial charge in [0.2, 0.25) is 11.8 Å². The van der Waals surface area contributed by atoms with Crippen LogP contribution in [-0.2, 0) is 4.74 Å². The second-order valence-corrected chi connectivity index (χ2v) is 9.46. The number of aromatic nitrogens is 5. The number of hydrogen-bond acceptors (Lipinski definition) is 7. The Morgan fingerprint density at radius 1 is 1.42 bits per heavy atom. The summed E-state index contributed by atoms with van der Waals surface area (Å²) >= 11 is 0. The Kier molecular flexibility index (Phi) is 7.73. The first-order valence-corrected chi connectivity index (χ1v) is 12.5. The Balaban J connectivity index is 2.03. The molecule has 0 bridgehead atoms. The van der Waals surface area contributed by atoms with Crippen molar-refractivity contribution >= 4 is 22.6 Å². The summed E-state index contributed by atoms with van der Waals surface area (Å²) in [5.74, 6) is 0.586. The zero-order chi connectivity index (χ0) is 26.0. The molecule has 9 nitrogen and oxygen atoms in total. The van der Waals surface area contributed by atoms with Crippen LogP contribution in [-0.4, -0.2) is 57.2 Å². The Bertz CT molecular complexity index is 1310. The molecular formula is C26H35FN6O3. The first-order valence-electron chi connectivity index (χ1n) is 12.5. The number of ether oxygens (including phenoxy) is 1. The van der Waals surface area contributed by atoms with Gasteiger partial charge in [0.25, 0.3) is 0 Å². The Hall–Kier alpha value is -3.27. The summed E-state index contributed by atoms with van der Waals surface area (Å²) < 4.78 is 26.7. The van der Waals surface area contributed by atoms with E-state index in [-0.39, 0.29) is 24.0 Å². The number of methoxy groups -OCH3 is 1. The average molecular weight is 499 g/mol. The van der Waals surface area contributed by atoms with Gasteiger partial charge >= 0.3 is 5.76 Å². The molecule has 1 unspecified atom stereocenters. The third-order valence-corrected chi connectivity index (χ3v) is 7.26. The summed E-state index contributed by atoms with van der Waals surface area (Å²) in [5.41, 5.74) is 3.41. The lowest BCUT2D eigenvalue weighted by Gasteiger charge is -2.30. The van der Waals surface area contributed by atoms with E-state index in [1.165, 1.54) is 0 Å². The minimum atomic E-state index is -0.662. The fourth-order valence-corrected chi connectivity index (χ4v) is 5.10. The molecule has 36 heavy (non-hydrogen) atoms. The molecule has 0 aliphatic carbocycles. The van der Waals surface area contributed by atoms with Crippen LogP contribution in [0.1, 0.15) is 58.7 Å². The van der Waals surface area contributed by atoms with Crippen molar-refractivity contribution in [1.29, 1.82) is 0 Å². The number of fused-ring (bicyclic) bond motifs is 1. The van der Waals surface area contributed by atoms with Crippen LogP contribution in [0, 0.1) is 5.92 Å². The summed E-state index contributed by atoms with van der Waals surface area (Å²) in [4.78, 5) is 26.1. The number of imidazole rings is 1. The molecule has 0 aromatic carbocycles. The van der Waals surface area contributed by atoms with Gasteiger partial charge < -0.3 is 14.2 Å². The van der Waals surface area contributed by atoms with Crippen molar-refractivity contribution < 1.29 is 13.7 Å². The highest BCUT2D eigenvalue weighted by atomic mass is 19.1. The zero-order valence-corrected chi connectivity index (χ0v) is 21.6. The minimum absolute atomic E-state index is 0.0629. The van der Waals surface area contributed by atoms with Crippen LogP contribution in [0.3, 0.4) is 0 Å². The number of hydrogen-bond donors (Lipinski definition) is 1. The average Bonchev–Trinajstić information content (AvgIpc) is 3.60. The maximum absolute atomic E-state index is 14.2. The summed E-state index contributed by atoms with van der Waals surface area (Å²) in [7, 11) is 1.66. The van der Waals surface area contributed by atoms with Crippen LogP contribution in [0.25, 0.3) is 28.1 Å². The first kappa shape index (κ1) is 25.8. The van der Waals surface area contributed by atoms with Crippen molar-refractivity contribution in [3.8, 4) is 11.5 Å². The van der Waals surface area contributed by atoms with Crippen LogP contribution >= 0.6 is 0 Å². The van der Waals surface area contributed by atoms with Gasteiger partial charge in [-0.2, -0.15) is 0 Å². The molecule has 1 N–H and O–H groups in total. The smallest absolute Gasteiger partial charge is 0.380 e. The van der Waals surface area contributed by atoms with Gasteiger partial charge in [-0.05, 0) is 44.2 Å². The van der Waals surface area contributed by atoms with Crippen molar-refractivity contribution in [3.63, 3.8) is 0 Å². The normalized spacial score (nSPS) is 20.3. The Labute approximate surface area is 210 Å². The third kappa shape index (κ3) is 4.61. The van der Waals surface area contributed by atoms with E-state index in [4.69, 9.17) is 19.2 Å². The van der Waals surface area contributed by atoms with Crippen LogP contribution in [0.5, 0.6) is 0 Å². The fraction of sp³-hybridized carbons (Fsp3) is 0.538. The Morgan fingerprint density at radius 3 is 2.78 bits per heavy atom. The molecule has 3 aromatic rings. The molecule has 1 fully saturated rings. The lowest BCUT2D eigenvalue weighted by molar-refractivity contribution is 0.117. The zero-order valence-electron chi connectivity index (χ0n) is 21.6. The number of nitrogens with one attached hydrogen (secondary N) is 1. The molecule has 1 aliphatic rings. The molecule has 4 atom stereocenters. The van der Waals surface area contributed by atoms with Crippen molar-refractivity contribution in [2.75, 3.05) is 25.2 Å². The topological polar surface area (TPSA) is 102 Å². The van der Waals surface area contributed by atoms with Gasteiger partial charge in [-0.3, -0.25) is 9.51 Å². The van der Waals surface area contributed by atoms with Crippen LogP contribution in [0.4, 0.5) is 10.3 Å². The van der Waals surface area contributed by atoms with E-state index in [9.17, 15) is 9.18 Å². The monoisotopic (exact) mass is 498 g/mol. The minimum Gasteiger partial charge on any atom is -0.380 e. The summed E-state index contributed by atoms with van der Waals surface area (Å²) in [6.45, 7) is 12.5. The molecule has 3 aromatic heterocycles. The number of nitrogens with zero attached hydrogens (tertiary/aromatic N) is 5. The molecule has 10 heteroatoms. The number of H-pyrrole nitrogens is 1. The summed E-state index contributed by atoms with van der Waals surface area (Å²) in [6, 6.07) is 1.52. The molecule has 0 spiro atoms. The quantitative estimate of drug-likeness (QED) is 0.396. The second kappa shape index (κ2) is 10.8. The predicted octanol–water partition coefficient (Wildman–Crippen LogP) is 4.92. The Morgan fingerprint density at radius 2 is 2.19 bits per heavy atom. The highest BCUT2D eigenvalue weighted by Crippen LogP contribution is 2.39. The largest absolute Gasteiger partial charge is 0.439 e. The molecule has 194 valence electrons. The van der Waals surface area contributed by atoms with E-state index in [1.54, 1.807) is 19.3 Å². The first-order chi connectivity index (χ1) is 17.4. The standard InChI is InChI=1S/C26H35FN6O3/c1-7-10-15(4)16(5)33-23-20(29-25(33)32-14-19(35-6)11-18(32)13-27)12-21(24-30-26(34)36-31-24)28-22(23)17(8-2)9-3/h8-9,12,15-16,18-19H,2,7,10-11,13-14H2,1,3-6H3,(H,30,31,34)/b17-9+/t15-,16?,18+,19-/m1/s1. The van der Waals surface area contributed by atoms with E-state index in [0.717, 1.165) is 23.9 Å². The van der Waals surface area contributed by atoms with E-state index in [2.05, 4.69) is 42.1 Å². The number of aromatic amines is 1. The number of pyridine rings is 1. The molecular weight excluding hydrogens is 463 g/mol. The second-order valence-electron chi connectivity index (χ2n) is 9.46. The van der Waals surface area contributed by atoms with E-state index >= 15 is 0 Å². The van der Waals surface area contributed by atoms with Crippen molar-refractivity contribution in [2.45, 2.75) is 65.1 Å². The highest BCUT2D eigenvalue weighted by molar-refractivity contribution is 5.94. The number of rotatable bonds is 10.